The van der Waals surface area contributed by atoms with Gasteiger partial charge in [-0.1, -0.05) is 182 Å². The van der Waals surface area contributed by atoms with E-state index in [0.717, 1.165) is 17.1 Å². The van der Waals surface area contributed by atoms with Crippen LogP contribution in [0, 0.1) is 0 Å². The second-order valence-electron chi connectivity index (χ2n) is 17.0. The first-order valence-electron chi connectivity index (χ1n) is 22.2. The lowest BCUT2D eigenvalue weighted by atomic mass is 9.73. The van der Waals surface area contributed by atoms with Crippen LogP contribution in [-0.2, 0) is 5.41 Å². The molecule has 0 fully saturated rings. The van der Waals surface area contributed by atoms with E-state index < -0.39 is 5.41 Å². The minimum atomic E-state index is -0.423. The molecule has 0 aliphatic heterocycles. The summed E-state index contributed by atoms with van der Waals surface area (Å²) >= 11 is 0. The van der Waals surface area contributed by atoms with E-state index in [9.17, 15) is 0 Å². The summed E-state index contributed by atoms with van der Waals surface area (Å²) in [5, 5.41) is 2.51. The maximum atomic E-state index is 2.46. The first kappa shape index (κ1) is 37.6. The monoisotopic (exact) mass is 816 g/mol. The van der Waals surface area contributed by atoms with Crippen molar-refractivity contribution in [2.75, 3.05) is 4.90 Å². The van der Waals surface area contributed by atoms with Gasteiger partial charge in [-0.05, 0) is 129 Å². The number of nitrogens with zero attached hydrogens (tertiary/aromatic N) is 2. The number of hydrogen-bond donors (Lipinski definition) is 0. The maximum absolute atomic E-state index is 2.46. The molecule has 0 saturated heterocycles. The summed E-state index contributed by atoms with van der Waals surface area (Å²) in [7, 11) is 0. The molecule has 2 heteroatoms. The molecule has 1 heterocycles. The van der Waals surface area contributed by atoms with Crippen LogP contribution in [0.1, 0.15) is 23.6 Å². The summed E-state index contributed by atoms with van der Waals surface area (Å²) in [6.07, 6.45) is 0. The largest absolute Gasteiger partial charge is 0.310 e. The average Bonchev–Trinajstić information content (AvgIpc) is 3.84. The quantitative estimate of drug-likeness (QED) is 0.148. The summed E-state index contributed by atoms with van der Waals surface area (Å²) < 4.78 is 2.39. The molecular formula is C62H44N2. The molecule has 0 amide bonds. The second kappa shape index (κ2) is 15.3. The van der Waals surface area contributed by atoms with Gasteiger partial charge in [0.25, 0.3) is 0 Å². The van der Waals surface area contributed by atoms with Crippen molar-refractivity contribution in [2.45, 2.75) is 12.3 Å². The lowest BCUT2D eigenvalue weighted by Crippen LogP contribution is -2.23. The van der Waals surface area contributed by atoms with Crippen molar-refractivity contribution >= 4 is 38.9 Å². The summed E-state index contributed by atoms with van der Waals surface area (Å²) in [6.45, 7) is 2.42. The van der Waals surface area contributed by atoms with Crippen LogP contribution in [0.3, 0.4) is 0 Å². The van der Waals surface area contributed by atoms with Crippen LogP contribution in [0.4, 0.5) is 17.1 Å². The van der Waals surface area contributed by atoms with E-state index in [1.54, 1.807) is 0 Å². The summed E-state index contributed by atoms with van der Waals surface area (Å²) in [6, 6.07) is 91.0. The van der Waals surface area contributed by atoms with Gasteiger partial charge in [0.15, 0.2) is 0 Å². The lowest BCUT2D eigenvalue weighted by molar-refractivity contribution is 0.714. The van der Waals surface area contributed by atoms with E-state index in [2.05, 4.69) is 265 Å². The number of rotatable bonds is 8. The van der Waals surface area contributed by atoms with Crippen molar-refractivity contribution in [2.24, 2.45) is 0 Å². The number of para-hydroxylation sites is 3. The van der Waals surface area contributed by atoms with Gasteiger partial charge in [0.05, 0.1) is 16.7 Å². The predicted octanol–water partition coefficient (Wildman–Crippen LogP) is 16.6. The molecule has 0 radical (unpaired) electrons. The summed E-state index contributed by atoms with van der Waals surface area (Å²) in [5.41, 5.74) is 20.1. The molecule has 1 atom stereocenters. The Morgan fingerprint density at radius 2 is 0.859 bits per heavy atom. The van der Waals surface area contributed by atoms with Crippen LogP contribution in [0.5, 0.6) is 0 Å². The highest BCUT2D eigenvalue weighted by Crippen LogP contribution is 2.55. The van der Waals surface area contributed by atoms with Crippen LogP contribution in [-0.4, -0.2) is 4.57 Å². The third kappa shape index (κ3) is 6.10. The Kier molecular flexibility index (Phi) is 8.98. The van der Waals surface area contributed by atoms with Crippen LogP contribution in [0.15, 0.2) is 249 Å². The van der Waals surface area contributed by atoms with Crippen LogP contribution in [0.2, 0.25) is 0 Å². The van der Waals surface area contributed by atoms with Gasteiger partial charge in [-0.15, -0.1) is 0 Å². The standard InChI is InChI=1S/C62H44N2/c1-62(48-22-10-4-11-23-48)57-41-47(46-33-39-61-56(40-46)55-27-15-17-29-60(55)64(61)49-24-12-5-13-25-49)32-37-53(57)54-38-36-51(42-58(54)62)63(50-34-30-44(31-35-50)43-18-6-2-7-19-43)59-28-16-14-26-52(59)45-20-8-3-9-21-45/h2-42H,1H3. The second-order valence-corrected chi connectivity index (χ2v) is 17.0. The van der Waals surface area contributed by atoms with Gasteiger partial charge in [-0.3, -0.25) is 0 Å². The van der Waals surface area contributed by atoms with Gasteiger partial charge < -0.3 is 9.47 Å². The summed E-state index contributed by atoms with van der Waals surface area (Å²) in [5.74, 6) is 0. The molecule has 1 aliphatic carbocycles. The molecule has 302 valence electrons. The topological polar surface area (TPSA) is 8.17 Å². The van der Waals surface area contributed by atoms with E-state index in [1.165, 1.54) is 88.7 Å². The molecule has 0 bridgehead atoms. The number of anilines is 3. The molecule has 0 saturated carbocycles. The highest BCUT2D eigenvalue weighted by molar-refractivity contribution is 6.10. The van der Waals surface area contributed by atoms with Gasteiger partial charge >= 0.3 is 0 Å². The Morgan fingerprint density at radius 3 is 1.61 bits per heavy atom. The van der Waals surface area contributed by atoms with E-state index in [0.29, 0.717) is 0 Å². The van der Waals surface area contributed by atoms with Gasteiger partial charge in [-0.2, -0.15) is 0 Å². The first-order chi connectivity index (χ1) is 31.6. The van der Waals surface area contributed by atoms with Crippen molar-refractivity contribution in [3.63, 3.8) is 0 Å². The average molecular weight is 817 g/mol. The number of aromatic nitrogens is 1. The highest BCUT2D eigenvalue weighted by atomic mass is 15.1. The fourth-order valence-corrected chi connectivity index (χ4v) is 10.3. The van der Waals surface area contributed by atoms with E-state index in [-0.39, 0.29) is 0 Å². The third-order valence-electron chi connectivity index (χ3n) is 13.5. The normalized spacial score (nSPS) is 14.1. The van der Waals surface area contributed by atoms with Crippen molar-refractivity contribution in [1.29, 1.82) is 0 Å². The third-order valence-corrected chi connectivity index (χ3v) is 13.5. The molecule has 12 rings (SSSR count). The Bertz CT molecular complexity index is 3480. The first-order valence-corrected chi connectivity index (χ1v) is 22.2. The lowest BCUT2D eigenvalue weighted by Gasteiger charge is -2.32. The molecule has 10 aromatic carbocycles. The fourth-order valence-electron chi connectivity index (χ4n) is 10.3. The van der Waals surface area contributed by atoms with E-state index in [1.807, 2.05) is 0 Å². The van der Waals surface area contributed by atoms with Gasteiger partial charge in [0.2, 0.25) is 0 Å². The Morgan fingerprint density at radius 1 is 0.344 bits per heavy atom. The van der Waals surface area contributed by atoms with Crippen molar-refractivity contribution < 1.29 is 0 Å². The SMILES string of the molecule is CC1(c2ccccc2)c2cc(-c3ccc4c(c3)c3ccccc3n4-c3ccccc3)ccc2-c2ccc(N(c3ccc(-c4ccccc4)cc3)c3ccccc3-c3ccccc3)cc21. The Balaban J connectivity index is 1.02. The van der Waals surface area contributed by atoms with Crippen molar-refractivity contribution in [3.05, 3.63) is 265 Å². The Labute approximate surface area is 374 Å². The molecule has 2 nitrogen and oxygen atoms in total. The predicted molar refractivity (Wildman–Crippen MR) is 269 cm³/mol. The van der Waals surface area contributed by atoms with Crippen molar-refractivity contribution in [1.82, 2.24) is 4.57 Å². The minimum Gasteiger partial charge on any atom is -0.310 e. The molecule has 0 N–H and O–H groups in total. The maximum Gasteiger partial charge on any atom is 0.0541 e. The number of benzene rings is 10. The molecule has 1 aliphatic rings. The molecule has 0 spiro atoms. The van der Waals surface area contributed by atoms with Gasteiger partial charge in [0, 0.05) is 38.8 Å². The van der Waals surface area contributed by atoms with E-state index >= 15 is 0 Å². The molecular weight excluding hydrogens is 773 g/mol. The van der Waals surface area contributed by atoms with E-state index in [4.69, 9.17) is 0 Å². The van der Waals surface area contributed by atoms with Gasteiger partial charge in [0.1, 0.15) is 0 Å². The number of fused-ring (bicyclic) bond motifs is 6. The van der Waals surface area contributed by atoms with Crippen LogP contribution >= 0.6 is 0 Å². The molecule has 11 aromatic rings. The number of hydrogen-bond acceptors (Lipinski definition) is 1. The zero-order valence-electron chi connectivity index (χ0n) is 35.6. The fraction of sp³-hybridized carbons (Fsp3) is 0.0323. The van der Waals surface area contributed by atoms with Crippen LogP contribution < -0.4 is 4.90 Å². The summed E-state index contributed by atoms with van der Waals surface area (Å²) in [4.78, 5) is 2.44. The zero-order chi connectivity index (χ0) is 42.6. The zero-order valence-corrected chi connectivity index (χ0v) is 35.6. The Hall–Kier alpha value is -8.20. The van der Waals surface area contributed by atoms with Crippen molar-refractivity contribution in [3.8, 4) is 50.2 Å². The van der Waals surface area contributed by atoms with Gasteiger partial charge in [-0.25, -0.2) is 0 Å². The minimum absolute atomic E-state index is 0.423. The molecule has 1 aromatic heterocycles. The smallest absolute Gasteiger partial charge is 0.0541 e. The van der Waals surface area contributed by atoms with Crippen LogP contribution in [0.25, 0.3) is 72.0 Å². The highest BCUT2D eigenvalue weighted by Gasteiger charge is 2.41. The molecule has 64 heavy (non-hydrogen) atoms. The molecule has 1 unspecified atom stereocenters.